The number of hydrogen-bond donors (Lipinski definition) is 0. The van der Waals surface area contributed by atoms with E-state index in [0.717, 1.165) is 10.0 Å². The minimum atomic E-state index is -0.650. The first-order chi connectivity index (χ1) is 11.4. The van der Waals surface area contributed by atoms with Gasteiger partial charge in [0.1, 0.15) is 17.1 Å². The predicted octanol–water partition coefficient (Wildman–Crippen LogP) is 4.18. The molecule has 5 nitrogen and oxygen atoms in total. The Morgan fingerprint density at radius 1 is 1.17 bits per heavy atom. The molecule has 0 amide bonds. The summed E-state index contributed by atoms with van der Waals surface area (Å²) < 4.78 is 16.1. The number of hydrogen-bond acceptors (Lipinski definition) is 5. The first-order valence-electron chi connectivity index (χ1n) is 6.88. The Bertz CT molecular complexity index is 776. The molecular weight excluding hydrogens is 400 g/mol. The van der Waals surface area contributed by atoms with E-state index < -0.39 is 11.9 Å². The molecule has 0 bridgehead atoms. The molecule has 0 fully saturated rings. The fourth-order valence-corrected chi connectivity index (χ4v) is 2.28. The molecule has 24 heavy (non-hydrogen) atoms. The molecule has 0 spiro atoms. The number of halogens is 2. The van der Waals surface area contributed by atoms with E-state index in [-0.39, 0.29) is 17.9 Å². The fourth-order valence-electron chi connectivity index (χ4n) is 1.86. The van der Waals surface area contributed by atoms with Crippen molar-refractivity contribution in [3.05, 3.63) is 57.0 Å². The monoisotopic (exact) mass is 412 g/mol. The number of carbonyl (C=O) groups excluding carboxylic acids is 2. The highest BCUT2D eigenvalue weighted by atomic mass is 79.9. The van der Waals surface area contributed by atoms with E-state index in [4.69, 9.17) is 21.1 Å². The van der Waals surface area contributed by atoms with E-state index in [2.05, 4.69) is 20.7 Å². The van der Waals surface area contributed by atoms with Crippen LogP contribution in [0.25, 0.3) is 0 Å². The van der Waals surface area contributed by atoms with Gasteiger partial charge in [-0.2, -0.15) is 0 Å². The van der Waals surface area contributed by atoms with E-state index in [1.807, 2.05) is 13.0 Å². The molecule has 0 unspecified atom stereocenters. The Balaban J connectivity index is 2.04. The van der Waals surface area contributed by atoms with E-state index >= 15 is 0 Å². The van der Waals surface area contributed by atoms with E-state index in [9.17, 15) is 9.59 Å². The van der Waals surface area contributed by atoms with Crippen LogP contribution in [0.3, 0.4) is 0 Å². The quantitative estimate of drug-likeness (QED) is 0.543. The lowest BCUT2D eigenvalue weighted by atomic mass is 10.2. The standard InChI is InChI=1S/C17H14BrClO5/c1-10-7-12(4-5-14(10)18)23-9-16(20)24-15-6-3-11(19)8-13(15)17(21)22-2/h3-8H,9H2,1-2H3. The lowest BCUT2D eigenvalue weighted by molar-refractivity contribution is -0.136. The van der Waals surface area contributed by atoms with E-state index in [1.54, 1.807) is 12.1 Å². The minimum Gasteiger partial charge on any atom is -0.482 e. The third-order valence-electron chi connectivity index (χ3n) is 3.06. The first kappa shape index (κ1) is 18.3. The lowest BCUT2D eigenvalue weighted by Crippen LogP contribution is -2.19. The van der Waals surface area contributed by atoms with E-state index in [1.165, 1.54) is 25.3 Å². The summed E-state index contributed by atoms with van der Waals surface area (Å²) in [7, 11) is 1.23. The second kappa shape index (κ2) is 8.17. The van der Waals surface area contributed by atoms with Crippen molar-refractivity contribution in [1.29, 1.82) is 0 Å². The van der Waals surface area contributed by atoms with Crippen LogP contribution in [-0.4, -0.2) is 25.7 Å². The first-order valence-corrected chi connectivity index (χ1v) is 8.05. The van der Waals surface area contributed by atoms with Crippen LogP contribution in [0.2, 0.25) is 5.02 Å². The molecule has 0 atom stereocenters. The van der Waals surface area contributed by atoms with Crippen molar-refractivity contribution >= 4 is 39.5 Å². The summed E-state index contributed by atoms with van der Waals surface area (Å²) in [6.45, 7) is 1.61. The Morgan fingerprint density at radius 3 is 2.58 bits per heavy atom. The molecule has 0 aromatic heterocycles. The molecule has 2 aromatic rings. The maximum absolute atomic E-state index is 11.9. The van der Waals surface area contributed by atoms with Crippen molar-refractivity contribution in [3.63, 3.8) is 0 Å². The second-order valence-electron chi connectivity index (χ2n) is 4.81. The van der Waals surface area contributed by atoms with Crippen molar-refractivity contribution in [2.24, 2.45) is 0 Å². The summed E-state index contributed by atoms with van der Waals surface area (Å²) in [5.74, 6) is -0.698. The summed E-state index contributed by atoms with van der Waals surface area (Å²) >= 11 is 9.23. The van der Waals surface area contributed by atoms with Gasteiger partial charge >= 0.3 is 11.9 Å². The Morgan fingerprint density at radius 2 is 1.92 bits per heavy atom. The molecule has 0 saturated heterocycles. The molecule has 2 rings (SSSR count). The van der Waals surface area contributed by atoms with Crippen molar-refractivity contribution < 1.29 is 23.8 Å². The third kappa shape index (κ3) is 4.72. The average Bonchev–Trinajstić information content (AvgIpc) is 2.56. The molecular formula is C17H14BrClO5. The lowest BCUT2D eigenvalue weighted by Gasteiger charge is -2.10. The second-order valence-corrected chi connectivity index (χ2v) is 6.10. The molecule has 2 aromatic carbocycles. The topological polar surface area (TPSA) is 61.8 Å². The summed E-state index contributed by atoms with van der Waals surface area (Å²) in [6, 6.07) is 9.65. The van der Waals surface area contributed by atoms with Crippen molar-refractivity contribution in [2.75, 3.05) is 13.7 Å². The molecule has 126 valence electrons. The number of rotatable bonds is 5. The van der Waals surface area contributed by atoms with Gasteiger partial charge in [-0.3, -0.25) is 0 Å². The Labute approximate surface area is 152 Å². The molecule has 0 aliphatic heterocycles. The largest absolute Gasteiger partial charge is 0.482 e. The number of esters is 2. The van der Waals surface area contributed by atoms with Crippen LogP contribution in [0.4, 0.5) is 0 Å². The third-order valence-corrected chi connectivity index (χ3v) is 4.18. The zero-order valence-electron chi connectivity index (χ0n) is 13.0. The average molecular weight is 414 g/mol. The number of methoxy groups -OCH3 is 1. The van der Waals surface area contributed by atoms with Crippen LogP contribution in [0, 0.1) is 6.92 Å². The van der Waals surface area contributed by atoms with Gasteiger partial charge in [-0.1, -0.05) is 27.5 Å². The summed E-state index contributed by atoms with van der Waals surface area (Å²) in [6.07, 6.45) is 0. The van der Waals surface area contributed by atoms with Crippen molar-refractivity contribution in [3.8, 4) is 11.5 Å². The Kier molecular flexibility index (Phi) is 6.23. The number of aryl methyl sites for hydroxylation is 1. The van der Waals surface area contributed by atoms with Gasteiger partial charge in [0.25, 0.3) is 0 Å². The Hall–Kier alpha value is -2.05. The number of benzene rings is 2. The molecule has 0 heterocycles. The van der Waals surface area contributed by atoms with Gasteiger partial charge in [0.15, 0.2) is 6.61 Å². The van der Waals surface area contributed by atoms with Crippen LogP contribution < -0.4 is 9.47 Å². The van der Waals surface area contributed by atoms with Crippen LogP contribution in [0.5, 0.6) is 11.5 Å². The van der Waals surface area contributed by atoms with Crippen LogP contribution in [0.1, 0.15) is 15.9 Å². The molecule has 0 saturated carbocycles. The van der Waals surface area contributed by atoms with Gasteiger partial charge in [-0.05, 0) is 48.9 Å². The summed E-state index contributed by atoms with van der Waals surface area (Å²) in [5, 5.41) is 0.330. The van der Waals surface area contributed by atoms with E-state index in [0.29, 0.717) is 10.8 Å². The smallest absolute Gasteiger partial charge is 0.349 e. The fraction of sp³-hybridized carbons (Fsp3) is 0.176. The summed E-state index contributed by atoms with van der Waals surface area (Å²) in [4.78, 5) is 23.7. The zero-order chi connectivity index (χ0) is 17.7. The van der Waals surface area contributed by atoms with Crippen LogP contribution in [-0.2, 0) is 9.53 Å². The minimum absolute atomic E-state index is 0.0619. The maximum atomic E-state index is 11.9. The highest BCUT2D eigenvalue weighted by Crippen LogP contribution is 2.24. The van der Waals surface area contributed by atoms with Crippen molar-refractivity contribution in [2.45, 2.75) is 6.92 Å². The number of carbonyl (C=O) groups is 2. The molecule has 7 heteroatoms. The van der Waals surface area contributed by atoms with Gasteiger partial charge in [0.05, 0.1) is 7.11 Å². The van der Waals surface area contributed by atoms with Crippen LogP contribution in [0.15, 0.2) is 40.9 Å². The summed E-state index contributed by atoms with van der Waals surface area (Å²) in [5.41, 5.74) is 1.05. The highest BCUT2D eigenvalue weighted by molar-refractivity contribution is 9.10. The molecule has 0 radical (unpaired) electrons. The maximum Gasteiger partial charge on any atom is 0.349 e. The normalized spacial score (nSPS) is 10.2. The SMILES string of the molecule is COC(=O)c1cc(Cl)ccc1OC(=O)COc1ccc(Br)c(C)c1. The van der Waals surface area contributed by atoms with Gasteiger partial charge < -0.3 is 14.2 Å². The van der Waals surface area contributed by atoms with Gasteiger partial charge in [-0.25, -0.2) is 9.59 Å². The molecule has 0 aliphatic carbocycles. The van der Waals surface area contributed by atoms with Gasteiger partial charge in [0, 0.05) is 9.50 Å². The molecule has 0 aliphatic rings. The predicted molar refractivity (Wildman–Crippen MR) is 92.8 cm³/mol. The molecule has 0 N–H and O–H groups in total. The van der Waals surface area contributed by atoms with Gasteiger partial charge in [-0.15, -0.1) is 0 Å². The number of ether oxygens (including phenoxy) is 3. The van der Waals surface area contributed by atoms with Crippen molar-refractivity contribution in [1.82, 2.24) is 0 Å². The van der Waals surface area contributed by atoms with Crippen LogP contribution >= 0.6 is 27.5 Å². The highest BCUT2D eigenvalue weighted by Gasteiger charge is 2.17. The zero-order valence-corrected chi connectivity index (χ0v) is 15.3. The van der Waals surface area contributed by atoms with Gasteiger partial charge in [0.2, 0.25) is 0 Å².